The maximum Gasteiger partial charge on any atom is 0.0628 e. The molecule has 0 saturated heterocycles. The number of hydrogen-bond acceptors (Lipinski definition) is 3. The van der Waals surface area contributed by atoms with E-state index in [-0.39, 0.29) is 0 Å². The van der Waals surface area contributed by atoms with Gasteiger partial charge in [0.1, 0.15) is 0 Å². The van der Waals surface area contributed by atoms with Crippen LogP contribution < -0.4 is 5.32 Å². The third kappa shape index (κ3) is 3.45. The van der Waals surface area contributed by atoms with Gasteiger partial charge in [-0.25, -0.2) is 0 Å². The Hall–Kier alpha value is -1.13. The van der Waals surface area contributed by atoms with Gasteiger partial charge in [-0.3, -0.25) is 4.68 Å². The Bertz CT molecular complexity index is 514. The largest absolute Gasteiger partial charge is 0.317 e. The van der Waals surface area contributed by atoms with E-state index in [0.717, 1.165) is 18.5 Å². The number of likely N-dealkylation sites (N-methyl/N-ethyl adjacent to an activating group) is 1. The maximum absolute atomic E-state index is 4.50. The predicted octanol–water partition coefficient (Wildman–Crippen LogP) is 2.86. The SMILES string of the molecule is CNC(CCc1ccsc1)Cc1c(C)nn(C)c1C. The van der Waals surface area contributed by atoms with Gasteiger partial charge in [0, 0.05) is 18.8 Å². The first-order chi connectivity index (χ1) is 9.11. The van der Waals surface area contributed by atoms with E-state index in [4.69, 9.17) is 0 Å². The van der Waals surface area contributed by atoms with Crippen molar-refractivity contribution >= 4 is 11.3 Å². The van der Waals surface area contributed by atoms with Gasteiger partial charge >= 0.3 is 0 Å². The molecule has 3 nitrogen and oxygen atoms in total. The lowest BCUT2D eigenvalue weighted by molar-refractivity contribution is 0.518. The normalized spacial score (nSPS) is 12.8. The van der Waals surface area contributed by atoms with Gasteiger partial charge in [-0.05, 0) is 68.1 Å². The van der Waals surface area contributed by atoms with Gasteiger partial charge in [-0.2, -0.15) is 16.4 Å². The molecule has 0 aromatic carbocycles. The molecule has 0 aliphatic rings. The fourth-order valence-corrected chi connectivity index (χ4v) is 3.19. The summed E-state index contributed by atoms with van der Waals surface area (Å²) in [6.45, 7) is 4.26. The molecular formula is C15H23N3S. The van der Waals surface area contributed by atoms with Crippen LogP contribution in [0.3, 0.4) is 0 Å². The predicted molar refractivity (Wildman–Crippen MR) is 81.9 cm³/mol. The van der Waals surface area contributed by atoms with E-state index < -0.39 is 0 Å². The maximum atomic E-state index is 4.50. The fourth-order valence-electron chi connectivity index (χ4n) is 2.48. The number of nitrogens with zero attached hydrogens (tertiary/aromatic N) is 2. The number of aromatic nitrogens is 2. The Morgan fingerprint density at radius 2 is 2.21 bits per heavy atom. The molecule has 4 heteroatoms. The van der Waals surface area contributed by atoms with E-state index in [1.54, 1.807) is 11.3 Å². The van der Waals surface area contributed by atoms with E-state index in [1.807, 2.05) is 11.7 Å². The van der Waals surface area contributed by atoms with Gasteiger partial charge in [0.15, 0.2) is 0 Å². The van der Waals surface area contributed by atoms with Crippen molar-refractivity contribution in [1.29, 1.82) is 0 Å². The van der Waals surface area contributed by atoms with Crippen molar-refractivity contribution in [2.45, 2.75) is 39.2 Å². The molecule has 0 amide bonds. The van der Waals surface area contributed by atoms with E-state index in [2.05, 4.69) is 48.1 Å². The summed E-state index contributed by atoms with van der Waals surface area (Å²) in [5.74, 6) is 0. The van der Waals surface area contributed by atoms with Crippen molar-refractivity contribution in [3.63, 3.8) is 0 Å². The summed E-state index contributed by atoms with van der Waals surface area (Å²) in [5.41, 5.74) is 5.29. The van der Waals surface area contributed by atoms with Crippen LogP contribution in [-0.2, 0) is 19.9 Å². The Morgan fingerprint density at radius 3 is 2.74 bits per heavy atom. The molecule has 0 radical (unpaired) electrons. The Morgan fingerprint density at radius 1 is 1.42 bits per heavy atom. The topological polar surface area (TPSA) is 29.9 Å². The summed E-state index contributed by atoms with van der Waals surface area (Å²) in [6.07, 6.45) is 3.38. The Labute approximate surface area is 119 Å². The van der Waals surface area contributed by atoms with Crippen molar-refractivity contribution in [1.82, 2.24) is 15.1 Å². The summed E-state index contributed by atoms with van der Waals surface area (Å²) < 4.78 is 1.98. The summed E-state index contributed by atoms with van der Waals surface area (Å²) in [6, 6.07) is 2.74. The molecule has 0 spiro atoms. The van der Waals surface area contributed by atoms with Crippen LogP contribution in [0.1, 0.15) is 28.9 Å². The summed E-state index contributed by atoms with van der Waals surface area (Å²) in [7, 11) is 4.07. The van der Waals surface area contributed by atoms with Gasteiger partial charge in [0.05, 0.1) is 5.69 Å². The van der Waals surface area contributed by atoms with Crippen LogP contribution in [0.25, 0.3) is 0 Å². The van der Waals surface area contributed by atoms with Crippen molar-refractivity contribution in [3.8, 4) is 0 Å². The highest BCUT2D eigenvalue weighted by molar-refractivity contribution is 7.07. The lowest BCUT2D eigenvalue weighted by Crippen LogP contribution is -2.28. The molecule has 2 rings (SSSR count). The second kappa shape index (κ2) is 6.35. The monoisotopic (exact) mass is 277 g/mol. The highest BCUT2D eigenvalue weighted by Crippen LogP contribution is 2.17. The number of hydrogen-bond donors (Lipinski definition) is 1. The highest BCUT2D eigenvalue weighted by atomic mass is 32.1. The minimum Gasteiger partial charge on any atom is -0.317 e. The summed E-state index contributed by atoms with van der Waals surface area (Å²) in [5, 5.41) is 12.3. The standard InChI is InChI=1S/C15H23N3S/c1-11-15(12(2)18(4)17-11)9-14(16-3)6-5-13-7-8-19-10-13/h7-8,10,14,16H,5-6,9H2,1-4H3. The zero-order valence-electron chi connectivity index (χ0n) is 12.2. The zero-order chi connectivity index (χ0) is 13.8. The molecule has 0 saturated carbocycles. The number of aryl methyl sites for hydroxylation is 3. The van der Waals surface area contributed by atoms with Crippen LogP contribution in [0.4, 0.5) is 0 Å². The summed E-state index contributed by atoms with van der Waals surface area (Å²) >= 11 is 1.78. The van der Waals surface area contributed by atoms with Crippen molar-refractivity contribution in [2.24, 2.45) is 7.05 Å². The van der Waals surface area contributed by atoms with Crippen LogP contribution in [0, 0.1) is 13.8 Å². The average Bonchev–Trinajstić information content (AvgIpc) is 2.98. The zero-order valence-corrected chi connectivity index (χ0v) is 13.0. The van der Waals surface area contributed by atoms with Crippen molar-refractivity contribution < 1.29 is 0 Å². The molecule has 0 bridgehead atoms. The van der Waals surface area contributed by atoms with Gasteiger partial charge in [-0.1, -0.05) is 0 Å². The molecule has 1 atom stereocenters. The molecule has 19 heavy (non-hydrogen) atoms. The molecule has 2 aromatic rings. The minimum atomic E-state index is 0.515. The van der Waals surface area contributed by atoms with E-state index in [1.165, 1.54) is 23.2 Å². The van der Waals surface area contributed by atoms with E-state index in [9.17, 15) is 0 Å². The lowest BCUT2D eigenvalue weighted by atomic mass is 9.99. The molecule has 0 fully saturated rings. The molecule has 0 aliphatic heterocycles. The van der Waals surface area contributed by atoms with Gasteiger partial charge < -0.3 is 5.32 Å². The van der Waals surface area contributed by atoms with Crippen LogP contribution >= 0.6 is 11.3 Å². The average molecular weight is 277 g/mol. The van der Waals surface area contributed by atoms with Crippen molar-refractivity contribution in [3.05, 3.63) is 39.3 Å². The number of nitrogens with one attached hydrogen (secondary N) is 1. The van der Waals surface area contributed by atoms with Crippen LogP contribution in [-0.4, -0.2) is 22.9 Å². The molecular weight excluding hydrogens is 254 g/mol. The lowest BCUT2D eigenvalue weighted by Gasteiger charge is -2.16. The molecule has 2 aromatic heterocycles. The highest BCUT2D eigenvalue weighted by Gasteiger charge is 2.14. The first-order valence-corrected chi connectivity index (χ1v) is 7.73. The third-order valence-electron chi connectivity index (χ3n) is 3.88. The Kier molecular flexibility index (Phi) is 4.77. The quantitative estimate of drug-likeness (QED) is 0.880. The van der Waals surface area contributed by atoms with Crippen LogP contribution in [0.5, 0.6) is 0 Å². The molecule has 0 aliphatic carbocycles. The summed E-state index contributed by atoms with van der Waals surface area (Å²) in [4.78, 5) is 0. The van der Waals surface area contributed by atoms with Crippen LogP contribution in [0.15, 0.2) is 16.8 Å². The molecule has 2 heterocycles. The van der Waals surface area contributed by atoms with Gasteiger partial charge in [-0.15, -0.1) is 0 Å². The third-order valence-corrected chi connectivity index (χ3v) is 4.61. The molecule has 1 N–H and O–H groups in total. The van der Waals surface area contributed by atoms with Crippen LogP contribution in [0.2, 0.25) is 0 Å². The first-order valence-electron chi connectivity index (χ1n) is 6.79. The minimum absolute atomic E-state index is 0.515. The number of rotatable bonds is 6. The second-order valence-corrected chi connectivity index (χ2v) is 5.91. The Balaban J connectivity index is 1.98. The van der Waals surface area contributed by atoms with Gasteiger partial charge in [0.2, 0.25) is 0 Å². The van der Waals surface area contributed by atoms with Crippen molar-refractivity contribution in [2.75, 3.05) is 7.05 Å². The number of thiophene rings is 1. The van der Waals surface area contributed by atoms with Gasteiger partial charge in [0.25, 0.3) is 0 Å². The molecule has 104 valence electrons. The smallest absolute Gasteiger partial charge is 0.0628 e. The fraction of sp³-hybridized carbons (Fsp3) is 0.533. The second-order valence-electron chi connectivity index (χ2n) is 5.13. The first kappa shape index (κ1) is 14.3. The molecule has 1 unspecified atom stereocenters. The van der Waals surface area contributed by atoms with E-state index >= 15 is 0 Å². The van der Waals surface area contributed by atoms with E-state index in [0.29, 0.717) is 6.04 Å².